The van der Waals surface area contributed by atoms with Gasteiger partial charge < -0.3 is 10.6 Å². The van der Waals surface area contributed by atoms with Crippen LogP contribution >= 0.6 is 0 Å². The predicted octanol–water partition coefficient (Wildman–Crippen LogP) is 1.80. The van der Waals surface area contributed by atoms with Crippen LogP contribution in [-0.2, 0) is 0 Å². The lowest BCUT2D eigenvalue weighted by molar-refractivity contribution is 0.737. The van der Waals surface area contributed by atoms with Crippen molar-refractivity contribution in [3.05, 3.63) is 6.20 Å². The highest BCUT2D eigenvalue weighted by atomic mass is 15.3. The summed E-state index contributed by atoms with van der Waals surface area (Å²) in [5.41, 5.74) is 0. The van der Waals surface area contributed by atoms with Crippen LogP contribution in [0.2, 0.25) is 0 Å². The van der Waals surface area contributed by atoms with E-state index >= 15 is 0 Å². The first-order valence-corrected chi connectivity index (χ1v) is 6.13. The molecule has 0 unspecified atom stereocenters. The Labute approximate surface area is 95.1 Å². The smallest absolute Gasteiger partial charge is 0.244 e. The third-order valence-corrected chi connectivity index (χ3v) is 3.18. The van der Waals surface area contributed by atoms with Crippen molar-refractivity contribution in [2.24, 2.45) is 0 Å². The van der Waals surface area contributed by atoms with Crippen LogP contribution < -0.4 is 10.6 Å². The molecule has 0 bridgehead atoms. The monoisotopic (exact) mass is 219 g/mol. The molecule has 0 radical (unpaired) electrons. The molecular weight excluding hydrogens is 202 g/mol. The molecule has 0 atom stereocenters. The molecular formula is C11H17N5. The molecule has 0 aliphatic heterocycles. The molecule has 1 aromatic heterocycles. The van der Waals surface area contributed by atoms with Crippen LogP contribution in [0.4, 0.5) is 11.8 Å². The fourth-order valence-corrected chi connectivity index (χ4v) is 2.12. The van der Waals surface area contributed by atoms with Crippen LogP contribution in [0.15, 0.2) is 6.20 Å². The zero-order valence-electron chi connectivity index (χ0n) is 9.32. The van der Waals surface area contributed by atoms with Gasteiger partial charge in [0.05, 0.1) is 6.20 Å². The van der Waals surface area contributed by atoms with Crippen molar-refractivity contribution in [1.82, 2.24) is 15.2 Å². The van der Waals surface area contributed by atoms with Gasteiger partial charge >= 0.3 is 0 Å². The molecule has 3 rings (SSSR count). The SMILES string of the molecule is c1nnc(NC2CCCC2)nc1NC1CC1. The van der Waals surface area contributed by atoms with E-state index in [9.17, 15) is 0 Å². The number of anilines is 2. The molecule has 2 aliphatic rings. The van der Waals surface area contributed by atoms with Crippen molar-refractivity contribution in [3.63, 3.8) is 0 Å². The molecule has 1 aromatic rings. The van der Waals surface area contributed by atoms with Gasteiger partial charge in [-0.3, -0.25) is 0 Å². The van der Waals surface area contributed by atoms with Crippen LogP contribution in [0.5, 0.6) is 0 Å². The molecule has 2 aliphatic carbocycles. The third kappa shape index (κ3) is 2.40. The molecule has 1 heterocycles. The Kier molecular flexibility index (Phi) is 2.60. The Bertz CT molecular complexity index is 357. The summed E-state index contributed by atoms with van der Waals surface area (Å²) in [4.78, 5) is 4.42. The molecule has 2 N–H and O–H groups in total. The second-order valence-corrected chi connectivity index (χ2v) is 4.71. The van der Waals surface area contributed by atoms with E-state index in [0.29, 0.717) is 18.0 Å². The Morgan fingerprint density at radius 3 is 2.50 bits per heavy atom. The van der Waals surface area contributed by atoms with E-state index < -0.39 is 0 Å². The normalized spacial score (nSPS) is 21.0. The van der Waals surface area contributed by atoms with Crippen LogP contribution in [0.25, 0.3) is 0 Å². The van der Waals surface area contributed by atoms with Gasteiger partial charge in [0, 0.05) is 12.1 Å². The van der Waals surface area contributed by atoms with Crippen molar-refractivity contribution in [2.45, 2.75) is 50.6 Å². The number of hydrogen-bond acceptors (Lipinski definition) is 5. The lowest BCUT2D eigenvalue weighted by Gasteiger charge is -2.11. The van der Waals surface area contributed by atoms with Gasteiger partial charge in [0.25, 0.3) is 0 Å². The van der Waals surface area contributed by atoms with Gasteiger partial charge in [0.2, 0.25) is 5.95 Å². The van der Waals surface area contributed by atoms with Crippen molar-refractivity contribution in [3.8, 4) is 0 Å². The van der Waals surface area contributed by atoms with Gasteiger partial charge in [-0.15, -0.1) is 5.10 Å². The highest BCUT2D eigenvalue weighted by Crippen LogP contribution is 2.24. The highest BCUT2D eigenvalue weighted by Gasteiger charge is 2.22. The summed E-state index contributed by atoms with van der Waals surface area (Å²) in [7, 11) is 0. The average Bonchev–Trinajstić information content (AvgIpc) is 2.94. The maximum Gasteiger partial charge on any atom is 0.244 e. The lowest BCUT2D eigenvalue weighted by Crippen LogP contribution is -2.17. The highest BCUT2D eigenvalue weighted by molar-refractivity contribution is 5.39. The van der Waals surface area contributed by atoms with Gasteiger partial charge in [0.15, 0.2) is 5.82 Å². The fourth-order valence-electron chi connectivity index (χ4n) is 2.12. The molecule has 2 fully saturated rings. The summed E-state index contributed by atoms with van der Waals surface area (Å²) < 4.78 is 0. The van der Waals surface area contributed by atoms with Crippen LogP contribution in [-0.4, -0.2) is 27.3 Å². The largest absolute Gasteiger partial charge is 0.366 e. The summed E-state index contributed by atoms with van der Waals surface area (Å²) >= 11 is 0. The Balaban J connectivity index is 1.63. The van der Waals surface area contributed by atoms with Crippen molar-refractivity contribution in [1.29, 1.82) is 0 Å². The Hall–Kier alpha value is -1.39. The zero-order chi connectivity index (χ0) is 10.8. The standard InChI is InChI=1S/C11H17N5/c1-2-4-8(3-1)14-11-15-10(7-12-16-11)13-9-5-6-9/h7-9H,1-6H2,(H2,13,14,15,16). The summed E-state index contributed by atoms with van der Waals surface area (Å²) in [6.07, 6.45) is 9.26. The first-order chi connectivity index (χ1) is 7.90. The lowest BCUT2D eigenvalue weighted by atomic mass is 10.3. The number of nitrogens with one attached hydrogen (secondary N) is 2. The first-order valence-electron chi connectivity index (χ1n) is 6.13. The minimum Gasteiger partial charge on any atom is -0.366 e. The fraction of sp³-hybridized carbons (Fsp3) is 0.727. The summed E-state index contributed by atoms with van der Waals surface area (Å²) in [5.74, 6) is 1.51. The third-order valence-electron chi connectivity index (χ3n) is 3.18. The number of aromatic nitrogens is 3. The Morgan fingerprint density at radius 1 is 1.00 bits per heavy atom. The number of hydrogen-bond donors (Lipinski definition) is 2. The molecule has 16 heavy (non-hydrogen) atoms. The molecule has 0 spiro atoms. The van der Waals surface area contributed by atoms with E-state index in [1.165, 1.54) is 38.5 Å². The van der Waals surface area contributed by atoms with Gasteiger partial charge in [-0.25, -0.2) is 0 Å². The number of nitrogens with zero attached hydrogens (tertiary/aromatic N) is 3. The average molecular weight is 219 g/mol. The molecule has 86 valence electrons. The summed E-state index contributed by atoms with van der Waals surface area (Å²) in [6.45, 7) is 0. The minimum atomic E-state index is 0.540. The van der Waals surface area contributed by atoms with Crippen molar-refractivity contribution in [2.75, 3.05) is 10.6 Å². The molecule has 2 saturated carbocycles. The maximum atomic E-state index is 4.42. The zero-order valence-corrected chi connectivity index (χ0v) is 9.32. The number of rotatable bonds is 4. The topological polar surface area (TPSA) is 62.7 Å². The van der Waals surface area contributed by atoms with Gasteiger partial charge in [-0.05, 0) is 25.7 Å². The van der Waals surface area contributed by atoms with E-state index in [0.717, 1.165) is 5.82 Å². The van der Waals surface area contributed by atoms with Crippen LogP contribution in [0.1, 0.15) is 38.5 Å². The first kappa shape index (κ1) is 9.81. The minimum absolute atomic E-state index is 0.540. The predicted molar refractivity (Wildman–Crippen MR) is 62.4 cm³/mol. The van der Waals surface area contributed by atoms with E-state index in [-0.39, 0.29) is 0 Å². The second kappa shape index (κ2) is 4.23. The van der Waals surface area contributed by atoms with Gasteiger partial charge in [-0.1, -0.05) is 12.8 Å². The molecule has 0 saturated heterocycles. The summed E-state index contributed by atoms with van der Waals surface area (Å²) in [5, 5.41) is 14.7. The van der Waals surface area contributed by atoms with Gasteiger partial charge in [-0.2, -0.15) is 10.1 Å². The molecule has 5 nitrogen and oxygen atoms in total. The van der Waals surface area contributed by atoms with Gasteiger partial charge in [0.1, 0.15) is 0 Å². The molecule has 0 aromatic carbocycles. The quantitative estimate of drug-likeness (QED) is 0.808. The van der Waals surface area contributed by atoms with E-state index in [2.05, 4.69) is 25.8 Å². The molecule has 0 amide bonds. The van der Waals surface area contributed by atoms with Crippen molar-refractivity contribution >= 4 is 11.8 Å². The van der Waals surface area contributed by atoms with E-state index in [1.54, 1.807) is 6.20 Å². The van der Waals surface area contributed by atoms with E-state index in [1.807, 2.05) is 0 Å². The van der Waals surface area contributed by atoms with E-state index in [4.69, 9.17) is 0 Å². The Morgan fingerprint density at radius 2 is 1.75 bits per heavy atom. The van der Waals surface area contributed by atoms with Crippen LogP contribution in [0.3, 0.4) is 0 Å². The second-order valence-electron chi connectivity index (χ2n) is 4.71. The maximum absolute atomic E-state index is 4.42. The van der Waals surface area contributed by atoms with Crippen LogP contribution in [0, 0.1) is 0 Å². The summed E-state index contributed by atoms with van der Waals surface area (Å²) in [6, 6.07) is 1.15. The molecule has 5 heteroatoms. The van der Waals surface area contributed by atoms with Crippen molar-refractivity contribution < 1.29 is 0 Å².